The van der Waals surface area contributed by atoms with Crippen LogP contribution in [-0.2, 0) is 13.1 Å². The van der Waals surface area contributed by atoms with Crippen LogP contribution in [0.5, 0.6) is 0 Å². The predicted octanol–water partition coefficient (Wildman–Crippen LogP) is 2.44. The van der Waals surface area contributed by atoms with Crippen LogP contribution in [-0.4, -0.2) is 20.8 Å². The monoisotopic (exact) mass is 258 g/mol. The normalized spacial score (nSPS) is 11.2. The van der Waals surface area contributed by atoms with Crippen molar-refractivity contribution >= 4 is 0 Å². The molecule has 0 aliphatic heterocycles. The Morgan fingerprint density at radius 1 is 1.26 bits per heavy atom. The number of hydrogen-bond acceptors (Lipinski definition) is 3. The Bertz CT molecular complexity index is 543. The zero-order chi connectivity index (χ0) is 13.8. The molecule has 0 aliphatic carbocycles. The lowest BCUT2D eigenvalue weighted by Crippen LogP contribution is -2.24. The number of aryl methyl sites for hydroxylation is 2. The number of rotatable bonds is 5. The largest absolute Gasteiger partial charge is 0.308 e. The van der Waals surface area contributed by atoms with Gasteiger partial charge in [0, 0.05) is 6.04 Å². The predicted molar refractivity (Wildman–Crippen MR) is 77.0 cm³/mol. The van der Waals surface area contributed by atoms with E-state index >= 15 is 0 Å². The van der Waals surface area contributed by atoms with Crippen molar-refractivity contribution < 1.29 is 0 Å². The van der Waals surface area contributed by atoms with E-state index in [0.717, 1.165) is 18.9 Å². The van der Waals surface area contributed by atoms with Crippen LogP contribution in [0.3, 0.4) is 0 Å². The average Bonchev–Trinajstić information content (AvgIpc) is 2.79. The van der Waals surface area contributed by atoms with Crippen LogP contribution in [0, 0.1) is 13.8 Å². The third-order valence-electron chi connectivity index (χ3n) is 3.19. The lowest BCUT2D eigenvalue weighted by molar-refractivity contribution is 0.538. The molecule has 19 heavy (non-hydrogen) atoms. The van der Waals surface area contributed by atoms with E-state index in [1.165, 1.54) is 16.7 Å². The van der Waals surface area contributed by atoms with E-state index in [2.05, 4.69) is 61.3 Å². The van der Waals surface area contributed by atoms with Gasteiger partial charge in [0.05, 0.1) is 13.1 Å². The molecule has 0 atom stereocenters. The van der Waals surface area contributed by atoms with E-state index in [0.29, 0.717) is 6.04 Å². The smallest absolute Gasteiger partial charge is 0.141 e. The summed E-state index contributed by atoms with van der Waals surface area (Å²) in [4.78, 5) is 4.33. The molecule has 4 heteroatoms. The van der Waals surface area contributed by atoms with Gasteiger partial charge in [-0.25, -0.2) is 9.67 Å². The summed E-state index contributed by atoms with van der Waals surface area (Å²) in [5.41, 5.74) is 3.88. The quantitative estimate of drug-likeness (QED) is 0.895. The second-order valence-corrected chi connectivity index (χ2v) is 5.30. The van der Waals surface area contributed by atoms with Crippen LogP contribution >= 0.6 is 0 Å². The molecule has 102 valence electrons. The molecular formula is C15H22N4. The van der Waals surface area contributed by atoms with Crippen LogP contribution in [0.1, 0.15) is 36.4 Å². The van der Waals surface area contributed by atoms with Crippen molar-refractivity contribution in [2.45, 2.75) is 46.8 Å². The van der Waals surface area contributed by atoms with Crippen LogP contribution in [0.25, 0.3) is 0 Å². The summed E-state index contributed by atoms with van der Waals surface area (Å²) < 4.78 is 1.97. The third-order valence-corrected chi connectivity index (χ3v) is 3.19. The molecule has 0 radical (unpaired) electrons. The van der Waals surface area contributed by atoms with Crippen molar-refractivity contribution in [3.63, 3.8) is 0 Å². The fourth-order valence-corrected chi connectivity index (χ4v) is 1.98. The molecule has 1 heterocycles. The van der Waals surface area contributed by atoms with E-state index < -0.39 is 0 Å². The summed E-state index contributed by atoms with van der Waals surface area (Å²) in [6.07, 6.45) is 1.63. The molecule has 1 aromatic heterocycles. The van der Waals surface area contributed by atoms with Gasteiger partial charge in [-0.05, 0) is 25.0 Å². The van der Waals surface area contributed by atoms with Crippen LogP contribution < -0.4 is 5.32 Å². The van der Waals surface area contributed by atoms with Crippen LogP contribution in [0.15, 0.2) is 24.5 Å². The minimum absolute atomic E-state index is 0.450. The summed E-state index contributed by atoms with van der Waals surface area (Å²) in [7, 11) is 0. The highest BCUT2D eigenvalue weighted by Gasteiger charge is 2.07. The molecule has 0 saturated heterocycles. The van der Waals surface area contributed by atoms with Crippen LogP contribution in [0.4, 0.5) is 0 Å². The molecule has 0 saturated carbocycles. The second kappa shape index (κ2) is 5.97. The van der Waals surface area contributed by atoms with Gasteiger partial charge in [-0.2, -0.15) is 5.10 Å². The number of aromatic nitrogens is 3. The van der Waals surface area contributed by atoms with Crippen molar-refractivity contribution in [3.05, 3.63) is 47.0 Å². The summed E-state index contributed by atoms with van der Waals surface area (Å²) in [5.74, 6) is 0.981. The van der Waals surface area contributed by atoms with Gasteiger partial charge < -0.3 is 5.32 Å². The second-order valence-electron chi connectivity index (χ2n) is 5.30. The number of nitrogens with one attached hydrogen (secondary N) is 1. The van der Waals surface area contributed by atoms with Crippen molar-refractivity contribution in [2.75, 3.05) is 0 Å². The lowest BCUT2D eigenvalue weighted by atomic mass is 10.1. The minimum Gasteiger partial charge on any atom is -0.308 e. The zero-order valence-corrected chi connectivity index (χ0v) is 12.1. The Kier molecular flexibility index (Phi) is 4.32. The SMILES string of the molecule is Cc1ccc(C)c(Cn2ncnc2CNC(C)C)c1. The van der Waals surface area contributed by atoms with Gasteiger partial charge in [-0.3, -0.25) is 0 Å². The van der Waals surface area contributed by atoms with E-state index in [1.807, 2.05) is 4.68 Å². The molecule has 0 fully saturated rings. The molecular weight excluding hydrogens is 236 g/mol. The molecule has 4 nitrogen and oxygen atoms in total. The van der Waals surface area contributed by atoms with E-state index in [4.69, 9.17) is 0 Å². The van der Waals surface area contributed by atoms with Gasteiger partial charge in [0.2, 0.25) is 0 Å². The van der Waals surface area contributed by atoms with Gasteiger partial charge in [-0.15, -0.1) is 0 Å². The Labute approximate surface area is 114 Å². The highest BCUT2D eigenvalue weighted by atomic mass is 15.3. The molecule has 0 unspecified atom stereocenters. The fraction of sp³-hybridized carbons (Fsp3) is 0.467. The molecule has 0 spiro atoms. The summed E-state index contributed by atoms with van der Waals surface area (Å²) in [6.45, 7) is 10.0. The van der Waals surface area contributed by atoms with Crippen LogP contribution in [0.2, 0.25) is 0 Å². The Hall–Kier alpha value is -1.68. The first-order valence-electron chi connectivity index (χ1n) is 6.72. The molecule has 1 aromatic carbocycles. The molecule has 0 amide bonds. The molecule has 0 bridgehead atoms. The first-order chi connectivity index (χ1) is 9.06. The van der Waals surface area contributed by atoms with E-state index in [1.54, 1.807) is 6.33 Å². The third kappa shape index (κ3) is 3.64. The average molecular weight is 258 g/mol. The molecule has 1 N–H and O–H groups in total. The Balaban J connectivity index is 2.15. The maximum absolute atomic E-state index is 4.33. The summed E-state index contributed by atoms with van der Waals surface area (Å²) >= 11 is 0. The maximum atomic E-state index is 4.33. The maximum Gasteiger partial charge on any atom is 0.141 e. The van der Waals surface area contributed by atoms with Gasteiger partial charge >= 0.3 is 0 Å². The van der Waals surface area contributed by atoms with Gasteiger partial charge in [0.1, 0.15) is 12.2 Å². The van der Waals surface area contributed by atoms with Gasteiger partial charge in [-0.1, -0.05) is 37.6 Å². The summed E-state index contributed by atoms with van der Waals surface area (Å²) in [5, 5.41) is 7.70. The molecule has 2 rings (SSSR count). The van der Waals surface area contributed by atoms with Crippen molar-refractivity contribution in [1.29, 1.82) is 0 Å². The van der Waals surface area contributed by atoms with Crippen molar-refractivity contribution in [1.82, 2.24) is 20.1 Å². The number of hydrogen-bond donors (Lipinski definition) is 1. The minimum atomic E-state index is 0.450. The molecule has 0 aliphatic rings. The zero-order valence-electron chi connectivity index (χ0n) is 12.1. The highest BCUT2D eigenvalue weighted by molar-refractivity contribution is 5.30. The molecule has 2 aromatic rings. The van der Waals surface area contributed by atoms with Crippen molar-refractivity contribution in [2.24, 2.45) is 0 Å². The number of benzene rings is 1. The fourth-order valence-electron chi connectivity index (χ4n) is 1.98. The first-order valence-corrected chi connectivity index (χ1v) is 6.72. The van der Waals surface area contributed by atoms with Gasteiger partial charge in [0.15, 0.2) is 0 Å². The standard InChI is InChI=1S/C15H22N4/c1-11(2)16-8-15-17-10-18-19(15)9-14-7-12(3)5-6-13(14)4/h5-7,10-11,16H,8-9H2,1-4H3. The number of nitrogens with zero attached hydrogens (tertiary/aromatic N) is 3. The first kappa shape index (κ1) is 13.7. The Morgan fingerprint density at radius 2 is 2.05 bits per heavy atom. The van der Waals surface area contributed by atoms with Crippen molar-refractivity contribution in [3.8, 4) is 0 Å². The van der Waals surface area contributed by atoms with E-state index in [9.17, 15) is 0 Å². The lowest BCUT2D eigenvalue weighted by Gasteiger charge is -2.11. The summed E-state index contributed by atoms with van der Waals surface area (Å²) in [6, 6.07) is 6.97. The van der Waals surface area contributed by atoms with Gasteiger partial charge in [0.25, 0.3) is 0 Å². The van der Waals surface area contributed by atoms with E-state index in [-0.39, 0.29) is 0 Å². The topological polar surface area (TPSA) is 42.7 Å². The highest BCUT2D eigenvalue weighted by Crippen LogP contribution is 2.12. The Morgan fingerprint density at radius 3 is 2.79 bits per heavy atom.